The molecule has 0 spiro atoms. The van der Waals surface area contributed by atoms with Crippen LogP contribution in [-0.2, 0) is 11.2 Å². The molecule has 1 aromatic carbocycles. The molecule has 0 aromatic heterocycles. The summed E-state index contributed by atoms with van der Waals surface area (Å²) in [6, 6.07) is 7.42. The van der Waals surface area contributed by atoms with Crippen molar-refractivity contribution < 1.29 is 9.59 Å². The largest absolute Gasteiger partial charge is 0.298 e. The van der Waals surface area contributed by atoms with Crippen LogP contribution in [-0.4, -0.2) is 12.1 Å². The van der Waals surface area contributed by atoms with Crippen LogP contribution in [0, 0.1) is 0 Å². The second kappa shape index (κ2) is 6.70. The molecular formula is C16H18O2. The fourth-order valence-electron chi connectivity index (χ4n) is 1.72. The predicted molar refractivity (Wildman–Crippen MR) is 73.7 cm³/mol. The lowest BCUT2D eigenvalue weighted by atomic mass is 10.0. The molecule has 94 valence electrons. The molecule has 1 rings (SSSR count). The fraction of sp³-hybridized carbons (Fsp3) is 0.250. The summed E-state index contributed by atoms with van der Waals surface area (Å²) in [6.07, 6.45) is 4.77. The van der Waals surface area contributed by atoms with Crippen LogP contribution >= 0.6 is 0 Å². The summed E-state index contributed by atoms with van der Waals surface area (Å²) in [6.45, 7) is 5.72. The second-order valence-corrected chi connectivity index (χ2v) is 4.65. The molecule has 0 aliphatic rings. The number of carbonyl (C=O) groups excluding carboxylic acids is 2. The van der Waals surface area contributed by atoms with E-state index in [0.29, 0.717) is 12.0 Å². The highest BCUT2D eigenvalue weighted by molar-refractivity contribution is 6.00. The summed E-state index contributed by atoms with van der Waals surface area (Å²) in [5, 5.41) is 0. The lowest BCUT2D eigenvalue weighted by Gasteiger charge is -2.02. The minimum atomic E-state index is 0.0130. The van der Waals surface area contributed by atoms with Gasteiger partial charge in [-0.2, -0.15) is 0 Å². The van der Waals surface area contributed by atoms with Crippen molar-refractivity contribution in [1.82, 2.24) is 0 Å². The van der Waals surface area contributed by atoms with Crippen molar-refractivity contribution in [3.05, 3.63) is 58.7 Å². The molecular weight excluding hydrogens is 224 g/mol. The predicted octanol–water partition coefficient (Wildman–Crippen LogP) is 3.52. The summed E-state index contributed by atoms with van der Waals surface area (Å²) >= 11 is 0. The first-order valence-electron chi connectivity index (χ1n) is 5.91. The number of benzene rings is 1. The molecule has 2 heteroatoms. The van der Waals surface area contributed by atoms with Crippen LogP contribution in [0.25, 0.3) is 0 Å². The van der Waals surface area contributed by atoms with Crippen LogP contribution in [0.1, 0.15) is 36.7 Å². The van der Waals surface area contributed by atoms with E-state index in [1.165, 1.54) is 0 Å². The monoisotopic (exact) mass is 242 g/mol. The molecule has 0 radical (unpaired) electrons. The molecule has 0 atom stereocenters. The Bertz CT molecular complexity index is 504. The van der Waals surface area contributed by atoms with Gasteiger partial charge in [-0.05, 0) is 51.0 Å². The number of rotatable bonds is 5. The van der Waals surface area contributed by atoms with E-state index in [2.05, 4.69) is 0 Å². The second-order valence-electron chi connectivity index (χ2n) is 4.65. The van der Waals surface area contributed by atoms with Crippen LogP contribution in [0.3, 0.4) is 0 Å². The van der Waals surface area contributed by atoms with Gasteiger partial charge < -0.3 is 0 Å². The van der Waals surface area contributed by atoms with Gasteiger partial charge in [-0.1, -0.05) is 29.3 Å². The Morgan fingerprint density at radius 1 is 1.17 bits per heavy atom. The fourth-order valence-corrected chi connectivity index (χ4v) is 1.72. The molecule has 0 heterocycles. The molecule has 0 amide bonds. The van der Waals surface area contributed by atoms with Gasteiger partial charge in [0.2, 0.25) is 0 Å². The molecule has 0 saturated heterocycles. The highest BCUT2D eigenvalue weighted by Crippen LogP contribution is 2.10. The zero-order valence-electron chi connectivity index (χ0n) is 11.1. The van der Waals surface area contributed by atoms with Gasteiger partial charge in [-0.3, -0.25) is 9.59 Å². The minimum Gasteiger partial charge on any atom is -0.298 e. The van der Waals surface area contributed by atoms with Crippen molar-refractivity contribution in [2.75, 3.05) is 0 Å². The van der Waals surface area contributed by atoms with Crippen LogP contribution in [0.5, 0.6) is 0 Å². The standard InChI is InChI=1S/C16H18O2/c1-12(2)7-16(18)9-13(3)8-14-5-4-6-15(10-14)11-17/h4-7,9-11H,8H2,1-3H3. The smallest absolute Gasteiger partial charge is 0.178 e. The molecule has 0 saturated carbocycles. The normalized spacial score (nSPS) is 10.9. The third-order valence-electron chi connectivity index (χ3n) is 2.39. The highest BCUT2D eigenvalue weighted by atomic mass is 16.1. The van der Waals surface area contributed by atoms with Crippen molar-refractivity contribution in [3.63, 3.8) is 0 Å². The zero-order chi connectivity index (χ0) is 13.5. The molecule has 0 bridgehead atoms. The van der Waals surface area contributed by atoms with Gasteiger partial charge in [-0.15, -0.1) is 0 Å². The molecule has 2 nitrogen and oxygen atoms in total. The minimum absolute atomic E-state index is 0.0130. The maximum absolute atomic E-state index is 11.6. The highest BCUT2D eigenvalue weighted by Gasteiger charge is 1.99. The van der Waals surface area contributed by atoms with Gasteiger partial charge in [0.25, 0.3) is 0 Å². The van der Waals surface area contributed by atoms with Crippen molar-refractivity contribution in [1.29, 1.82) is 0 Å². The third-order valence-corrected chi connectivity index (χ3v) is 2.39. The maximum atomic E-state index is 11.6. The number of allylic oxidation sites excluding steroid dienone is 4. The van der Waals surface area contributed by atoms with Gasteiger partial charge in [0, 0.05) is 5.56 Å². The number of aldehydes is 1. The van der Waals surface area contributed by atoms with E-state index in [-0.39, 0.29) is 5.78 Å². The van der Waals surface area contributed by atoms with Gasteiger partial charge in [0.15, 0.2) is 5.78 Å². The Morgan fingerprint density at radius 3 is 2.50 bits per heavy atom. The number of hydrogen-bond donors (Lipinski definition) is 0. The molecule has 18 heavy (non-hydrogen) atoms. The first-order chi connectivity index (χ1) is 8.51. The van der Waals surface area contributed by atoms with Crippen LogP contribution in [0.15, 0.2) is 47.6 Å². The van der Waals surface area contributed by atoms with Crippen LogP contribution in [0.2, 0.25) is 0 Å². The topological polar surface area (TPSA) is 34.1 Å². The number of hydrogen-bond acceptors (Lipinski definition) is 2. The number of carbonyl (C=O) groups is 2. The Labute approximate surface area is 108 Å². The summed E-state index contributed by atoms with van der Waals surface area (Å²) in [4.78, 5) is 22.2. The average molecular weight is 242 g/mol. The lowest BCUT2D eigenvalue weighted by molar-refractivity contribution is -0.110. The van der Waals surface area contributed by atoms with Crippen molar-refractivity contribution in [2.24, 2.45) is 0 Å². The van der Waals surface area contributed by atoms with Gasteiger partial charge in [-0.25, -0.2) is 0 Å². The Morgan fingerprint density at radius 2 is 1.89 bits per heavy atom. The summed E-state index contributed by atoms with van der Waals surface area (Å²) in [7, 11) is 0. The Hall–Kier alpha value is -1.96. The summed E-state index contributed by atoms with van der Waals surface area (Å²) in [5.41, 5.74) is 3.68. The van der Waals surface area contributed by atoms with Crippen LogP contribution < -0.4 is 0 Å². The lowest BCUT2D eigenvalue weighted by Crippen LogP contribution is -1.94. The van der Waals surface area contributed by atoms with Crippen LogP contribution in [0.4, 0.5) is 0 Å². The van der Waals surface area contributed by atoms with Crippen molar-refractivity contribution >= 4 is 12.1 Å². The SMILES string of the molecule is CC(C)=CC(=O)C=C(C)Cc1cccc(C=O)c1. The van der Waals surface area contributed by atoms with E-state index in [9.17, 15) is 9.59 Å². The zero-order valence-corrected chi connectivity index (χ0v) is 11.1. The maximum Gasteiger partial charge on any atom is 0.178 e. The molecule has 1 aromatic rings. The van der Waals surface area contributed by atoms with E-state index >= 15 is 0 Å². The molecule has 0 aliphatic heterocycles. The average Bonchev–Trinajstić information content (AvgIpc) is 2.27. The molecule has 0 unspecified atom stereocenters. The molecule has 0 fully saturated rings. The Kier molecular flexibility index (Phi) is 5.25. The van der Waals surface area contributed by atoms with E-state index < -0.39 is 0 Å². The van der Waals surface area contributed by atoms with E-state index in [1.54, 1.807) is 18.2 Å². The summed E-state index contributed by atoms with van der Waals surface area (Å²) in [5.74, 6) is 0.0130. The van der Waals surface area contributed by atoms with Crippen molar-refractivity contribution in [2.45, 2.75) is 27.2 Å². The van der Waals surface area contributed by atoms with E-state index in [1.807, 2.05) is 39.0 Å². The van der Waals surface area contributed by atoms with E-state index in [4.69, 9.17) is 0 Å². The summed E-state index contributed by atoms with van der Waals surface area (Å²) < 4.78 is 0. The Balaban J connectivity index is 2.77. The number of ketones is 1. The first kappa shape index (κ1) is 14.1. The first-order valence-corrected chi connectivity index (χ1v) is 5.91. The van der Waals surface area contributed by atoms with Crippen molar-refractivity contribution in [3.8, 4) is 0 Å². The third kappa shape index (κ3) is 4.91. The van der Waals surface area contributed by atoms with Gasteiger partial charge in [0.1, 0.15) is 6.29 Å². The quantitative estimate of drug-likeness (QED) is 0.584. The van der Waals surface area contributed by atoms with Gasteiger partial charge in [0.05, 0.1) is 0 Å². The molecule has 0 aliphatic carbocycles. The molecule has 0 N–H and O–H groups in total. The van der Waals surface area contributed by atoms with Gasteiger partial charge >= 0.3 is 0 Å². The van der Waals surface area contributed by atoms with E-state index in [0.717, 1.165) is 23.0 Å².